The Kier molecular flexibility index (Phi) is 3.83. The highest BCUT2D eigenvalue weighted by Crippen LogP contribution is 2.31. The lowest BCUT2D eigenvalue weighted by molar-refractivity contribution is 0.164. The second-order valence-corrected chi connectivity index (χ2v) is 5.39. The minimum absolute atomic E-state index is 0.0191. The molecule has 1 saturated heterocycles. The van der Waals surface area contributed by atoms with Crippen LogP contribution in [-0.2, 0) is 6.42 Å². The molecule has 1 N–H and O–H groups in total. The third-order valence-corrected chi connectivity index (χ3v) is 3.81. The molecular weight excluding hydrogens is 226 g/mol. The largest absolute Gasteiger partial charge is 0.391 e. The molecule has 0 saturated carbocycles. The van der Waals surface area contributed by atoms with E-state index in [1.807, 2.05) is 14.1 Å². The summed E-state index contributed by atoms with van der Waals surface area (Å²) in [5, 5.41) is 13.6. The summed E-state index contributed by atoms with van der Waals surface area (Å²) in [6.07, 6.45) is 0.444. The summed E-state index contributed by atoms with van der Waals surface area (Å²) in [4.78, 5) is 6.42. The lowest BCUT2D eigenvalue weighted by Crippen LogP contribution is -2.17. The maximum absolute atomic E-state index is 9.71. The number of nitrogens with zero attached hydrogens (tertiary/aromatic N) is 3. The second-order valence-electron chi connectivity index (χ2n) is 4.31. The summed E-state index contributed by atoms with van der Waals surface area (Å²) >= 11 is 1.73. The Morgan fingerprint density at radius 2 is 2.31 bits per heavy atom. The zero-order valence-electron chi connectivity index (χ0n) is 9.59. The molecule has 1 fully saturated rings. The molecule has 1 aromatic rings. The van der Waals surface area contributed by atoms with Gasteiger partial charge in [-0.3, -0.25) is 0 Å². The van der Waals surface area contributed by atoms with E-state index < -0.39 is 0 Å². The maximum atomic E-state index is 9.71. The van der Waals surface area contributed by atoms with Gasteiger partial charge in [-0.2, -0.15) is 16.7 Å². The minimum atomic E-state index is -0.341. The number of aliphatic hydroxyl groups is 1. The first-order chi connectivity index (χ1) is 7.66. The van der Waals surface area contributed by atoms with Gasteiger partial charge in [0.25, 0.3) is 0 Å². The average Bonchev–Trinajstić information content (AvgIpc) is 2.83. The lowest BCUT2D eigenvalue weighted by atomic mass is 10.1. The van der Waals surface area contributed by atoms with Crippen LogP contribution in [0.4, 0.5) is 0 Å². The highest BCUT2D eigenvalue weighted by Gasteiger charge is 2.31. The van der Waals surface area contributed by atoms with Crippen molar-refractivity contribution in [3.63, 3.8) is 0 Å². The van der Waals surface area contributed by atoms with Crippen molar-refractivity contribution in [2.75, 3.05) is 32.1 Å². The van der Waals surface area contributed by atoms with Gasteiger partial charge in [-0.15, -0.1) is 0 Å². The van der Waals surface area contributed by atoms with Gasteiger partial charge >= 0.3 is 0 Å². The van der Waals surface area contributed by atoms with Crippen LogP contribution in [0.25, 0.3) is 0 Å². The second kappa shape index (κ2) is 5.16. The zero-order chi connectivity index (χ0) is 11.5. The summed E-state index contributed by atoms with van der Waals surface area (Å²) in [6.45, 7) is 0.904. The standard InChI is InChI=1S/C10H17N3O2S/c1-13(2)4-3-9-11-10(15-12-9)7-5-16-6-8(7)14/h7-8,14H,3-6H2,1-2H3. The van der Waals surface area contributed by atoms with Crippen LogP contribution in [0, 0.1) is 0 Å². The van der Waals surface area contributed by atoms with Crippen molar-refractivity contribution < 1.29 is 9.63 Å². The number of rotatable bonds is 4. The average molecular weight is 243 g/mol. The van der Waals surface area contributed by atoms with Crippen molar-refractivity contribution in [2.24, 2.45) is 0 Å². The van der Waals surface area contributed by atoms with Crippen LogP contribution < -0.4 is 0 Å². The summed E-state index contributed by atoms with van der Waals surface area (Å²) in [5.74, 6) is 2.97. The molecule has 90 valence electrons. The Bertz CT molecular complexity index is 343. The summed E-state index contributed by atoms with van der Waals surface area (Å²) < 4.78 is 5.20. The molecule has 0 bridgehead atoms. The van der Waals surface area contributed by atoms with Crippen molar-refractivity contribution in [3.05, 3.63) is 11.7 Å². The van der Waals surface area contributed by atoms with E-state index in [4.69, 9.17) is 4.52 Å². The predicted molar refractivity (Wildman–Crippen MR) is 62.6 cm³/mol. The highest BCUT2D eigenvalue weighted by molar-refractivity contribution is 7.99. The van der Waals surface area contributed by atoms with Crippen molar-refractivity contribution in [2.45, 2.75) is 18.4 Å². The van der Waals surface area contributed by atoms with Gasteiger partial charge in [0, 0.05) is 24.5 Å². The van der Waals surface area contributed by atoms with E-state index in [2.05, 4.69) is 15.0 Å². The van der Waals surface area contributed by atoms with E-state index in [1.165, 1.54) is 0 Å². The molecule has 2 heterocycles. The number of hydrogen-bond donors (Lipinski definition) is 1. The monoisotopic (exact) mass is 243 g/mol. The fraction of sp³-hybridized carbons (Fsp3) is 0.800. The van der Waals surface area contributed by atoms with Gasteiger partial charge < -0.3 is 14.5 Å². The number of likely N-dealkylation sites (N-methyl/N-ethyl adjacent to an activating group) is 1. The first-order valence-corrected chi connectivity index (χ1v) is 6.55. The van der Waals surface area contributed by atoms with Gasteiger partial charge in [-0.1, -0.05) is 5.16 Å². The molecule has 2 rings (SSSR count). The fourth-order valence-corrected chi connectivity index (χ4v) is 2.85. The molecule has 1 aliphatic heterocycles. The van der Waals surface area contributed by atoms with Gasteiger partial charge in [0.1, 0.15) is 0 Å². The van der Waals surface area contributed by atoms with Crippen LogP contribution in [0.1, 0.15) is 17.6 Å². The number of hydrogen-bond acceptors (Lipinski definition) is 6. The molecule has 0 radical (unpaired) electrons. The van der Waals surface area contributed by atoms with Crippen LogP contribution in [-0.4, -0.2) is 58.4 Å². The van der Waals surface area contributed by atoms with Crippen molar-refractivity contribution >= 4 is 11.8 Å². The Balaban J connectivity index is 1.96. The fourth-order valence-electron chi connectivity index (χ4n) is 1.62. The summed E-state index contributed by atoms with van der Waals surface area (Å²) in [5.41, 5.74) is 0. The molecule has 0 aromatic carbocycles. The Labute approximate surface area is 99.2 Å². The summed E-state index contributed by atoms with van der Waals surface area (Å²) in [6, 6.07) is 0. The van der Waals surface area contributed by atoms with Gasteiger partial charge in [-0.25, -0.2) is 0 Å². The first-order valence-electron chi connectivity index (χ1n) is 5.40. The summed E-state index contributed by atoms with van der Waals surface area (Å²) in [7, 11) is 4.02. The zero-order valence-corrected chi connectivity index (χ0v) is 10.4. The molecule has 0 spiro atoms. The Morgan fingerprint density at radius 3 is 2.94 bits per heavy atom. The van der Waals surface area contributed by atoms with Crippen LogP contribution in [0.3, 0.4) is 0 Å². The third-order valence-electron chi connectivity index (χ3n) is 2.63. The van der Waals surface area contributed by atoms with Gasteiger partial charge in [0.05, 0.1) is 12.0 Å². The van der Waals surface area contributed by atoms with Crippen molar-refractivity contribution in [3.8, 4) is 0 Å². The molecule has 2 unspecified atom stereocenters. The van der Waals surface area contributed by atoms with Crippen LogP contribution >= 0.6 is 11.8 Å². The molecule has 16 heavy (non-hydrogen) atoms. The van der Waals surface area contributed by atoms with Gasteiger partial charge in [-0.05, 0) is 14.1 Å². The molecule has 1 aliphatic rings. The molecule has 0 aliphatic carbocycles. The van der Waals surface area contributed by atoms with Crippen LogP contribution in [0.15, 0.2) is 4.52 Å². The Morgan fingerprint density at radius 1 is 1.50 bits per heavy atom. The topological polar surface area (TPSA) is 62.4 Å². The SMILES string of the molecule is CN(C)CCc1noc(C2CSCC2O)n1. The number of thioether (sulfide) groups is 1. The smallest absolute Gasteiger partial charge is 0.233 e. The number of aliphatic hydroxyl groups excluding tert-OH is 1. The van der Waals surface area contributed by atoms with E-state index in [9.17, 15) is 5.11 Å². The van der Waals surface area contributed by atoms with Crippen LogP contribution in [0.2, 0.25) is 0 Å². The maximum Gasteiger partial charge on any atom is 0.233 e. The normalized spacial score (nSPS) is 25.5. The molecule has 0 amide bonds. The molecule has 6 heteroatoms. The van der Waals surface area contributed by atoms with E-state index in [0.717, 1.165) is 30.3 Å². The predicted octanol–water partition coefficient (Wildman–Crippen LogP) is 0.365. The van der Waals surface area contributed by atoms with Crippen molar-refractivity contribution in [1.82, 2.24) is 15.0 Å². The molecule has 1 aromatic heterocycles. The minimum Gasteiger partial charge on any atom is -0.391 e. The first kappa shape index (κ1) is 11.9. The van der Waals surface area contributed by atoms with Crippen molar-refractivity contribution in [1.29, 1.82) is 0 Å². The quantitative estimate of drug-likeness (QED) is 0.824. The third kappa shape index (κ3) is 2.75. The van der Waals surface area contributed by atoms with Gasteiger partial charge in [0.2, 0.25) is 5.89 Å². The molecule has 5 nitrogen and oxygen atoms in total. The van der Waals surface area contributed by atoms with E-state index in [0.29, 0.717) is 5.89 Å². The lowest BCUT2D eigenvalue weighted by Gasteiger charge is -2.07. The highest BCUT2D eigenvalue weighted by atomic mass is 32.2. The molecule has 2 atom stereocenters. The van der Waals surface area contributed by atoms with E-state index in [1.54, 1.807) is 11.8 Å². The van der Waals surface area contributed by atoms with Gasteiger partial charge in [0.15, 0.2) is 5.82 Å². The van der Waals surface area contributed by atoms with Crippen LogP contribution in [0.5, 0.6) is 0 Å². The van der Waals surface area contributed by atoms with E-state index in [-0.39, 0.29) is 12.0 Å². The van der Waals surface area contributed by atoms with E-state index >= 15 is 0 Å². The molecular formula is C10H17N3O2S. The Hall–Kier alpha value is -0.590. The number of aromatic nitrogens is 2.